The fourth-order valence-electron chi connectivity index (χ4n) is 2.42. The fourth-order valence-corrected chi connectivity index (χ4v) is 2.91. The van der Waals surface area contributed by atoms with E-state index in [0.29, 0.717) is 18.3 Å². The van der Waals surface area contributed by atoms with Crippen molar-refractivity contribution in [2.45, 2.75) is 13.0 Å². The molecule has 20 heavy (non-hydrogen) atoms. The normalized spacial score (nSPS) is 20.9. The second kappa shape index (κ2) is 6.56. The van der Waals surface area contributed by atoms with Crippen molar-refractivity contribution in [3.63, 3.8) is 0 Å². The van der Waals surface area contributed by atoms with E-state index in [1.165, 1.54) is 0 Å². The van der Waals surface area contributed by atoms with Crippen molar-refractivity contribution in [1.82, 2.24) is 9.80 Å². The summed E-state index contributed by atoms with van der Waals surface area (Å²) in [6.07, 6.45) is 0. The van der Waals surface area contributed by atoms with E-state index in [2.05, 4.69) is 45.0 Å². The lowest BCUT2D eigenvalue weighted by Crippen LogP contribution is -2.52. The summed E-state index contributed by atoms with van der Waals surface area (Å²) in [5.74, 6) is 0.00637. The number of likely N-dealkylation sites (N-methyl/N-ethyl adjacent to an activating group) is 1. The largest absolute Gasteiger partial charge is 0.399 e. The summed E-state index contributed by atoms with van der Waals surface area (Å²) in [5, 5.41) is 2.92. The van der Waals surface area contributed by atoms with Gasteiger partial charge >= 0.3 is 0 Å². The van der Waals surface area contributed by atoms with Gasteiger partial charge < -0.3 is 16.0 Å². The first-order valence-electron chi connectivity index (χ1n) is 6.73. The van der Waals surface area contributed by atoms with E-state index in [4.69, 9.17) is 5.73 Å². The molecule has 2 rings (SSSR count). The molecular formula is C14H21BrN4O. The Hall–Kier alpha value is -1.11. The third-order valence-electron chi connectivity index (χ3n) is 3.58. The topological polar surface area (TPSA) is 61.6 Å². The predicted octanol–water partition coefficient (Wildman–Crippen LogP) is 1.61. The SMILES string of the molecule is CC1CN(C)CCN1CC(=O)Nc1ccc(N)cc1Br. The minimum atomic E-state index is 0.00637. The van der Waals surface area contributed by atoms with Crippen LogP contribution in [-0.4, -0.2) is 55.0 Å². The van der Waals surface area contributed by atoms with Gasteiger partial charge in [-0.2, -0.15) is 0 Å². The Morgan fingerprint density at radius 3 is 2.90 bits per heavy atom. The summed E-state index contributed by atoms with van der Waals surface area (Å²) in [6, 6.07) is 5.77. The van der Waals surface area contributed by atoms with Crippen LogP contribution in [0.1, 0.15) is 6.92 Å². The third kappa shape index (κ3) is 3.94. The van der Waals surface area contributed by atoms with Crippen molar-refractivity contribution in [2.24, 2.45) is 0 Å². The number of nitrogens with one attached hydrogen (secondary N) is 1. The number of amides is 1. The van der Waals surface area contributed by atoms with Gasteiger partial charge in [0.05, 0.1) is 12.2 Å². The summed E-state index contributed by atoms with van der Waals surface area (Å²) >= 11 is 3.41. The highest BCUT2D eigenvalue weighted by atomic mass is 79.9. The Morgan fingerprint density at radius 2 is 2.25 bits per heavy atom. The molecule has 0 radical (unpaired) electrons. The van der Waals surface area contributed by atoms with Gasteiger partial charge in [-0.25, -0.2) is 0 Å². The van der Waals surface area contributed by atoms with Crippen molar-refractivity contribution >= 4 is 33.2 Å². The zero-order chi connectivity index (χ0) is 14.7. The molecule has 0 aliphatic carbocycles. The van der Waals surface area contributed by atoms with Gasteiger partial charge in [-0.3, -0.25) is 9.69 Å². The average Bonchev–Trinajstić information content (AvgIpc) is 2.36. The van der Waals surface area contributed by atoms with Gasteiger partial charge in [-0.1, -0.05) is 0 Å². The first-order valence-corrected chi connectivity index (χ1v) is 7.52. The van der Waals surface area contributed by atoms with Crippen molar-refractivity contribution in [3.8, 4) is 0 Å². The number of nitrogen functional groups attached to an aromatic ring is 1. The first-order chi connectivity index (χ1) is 9.45. The van der Waals surface area contributed by atoms with Crippen LogP contribution in [0.25, 0.3) is 0 Å². The molecule has 1 unspecified atom stereocenters. The van der Waals surface area contributed by atoms with Crippen LogP contribution in [-0.2, 0) is 4.79 Å². The number of carbonyl (C=O) groups excluding carboxylic acids is 1. The minimum absolute atomic E-state index is 0.00637. The summed E-state index contributed by atoms with van der Waals surface area (Å²) in [5.41, 5.74) is 7.11. The lowest BCUT2D eigenvalue weighted by Gasteiger charge is -2.37. The summed E-state index contributed by atoms with van der Waals surface area (Å²) in [4.78, 5) is 16.6. The number of nitrogens with zero attached hydrogens (tertiary/aromatic N) is 2. The maximum atomic E-state index is 12.1. The highest BCUT2D eigenvalue weighted by Gasteiger charge is 2.23. The van der Waals surface area contributed by atoms with Gasteiger partial charge in [0.2, 0.25) is 5.91 Å². The third-order valence-corrected chi connectivity index (χ3v) is 4.24. The molecule has 3 N–H and O–H groups in total. The number of carbonyl (C=O) groups is 1. The molecule has 0 saturated carbocycles. The molecule has 6 heteroatoms. The highest BCUT2D eigenvalue weighted by molar-refractivity contribution is 9.10. The molecule has 1 aromatic rings. The van der Waals surface area contributed by atoms with Crippen molar-refractivity contribution in [2.75, 3.05) is 44.3 Å². The van der Waals surface area contributed by atoms with Crippen molar-refractivity contribution in [1.29, 1.82) is 0 Å². The first kappa shape index (κ1) is 15.3. The van der Waals surface area contributed by atoms with E-state index < -0.39 is 0 Å². The van der Waals surface area contributed by atoms with Crippen LogP contribution in [0.3, 0.4) is 0 Å². The number of nitrogens with two attached hydrogens (primary N) is 1. The van der Waals surface area contributed by atoms with Crippen LogP contribution in [0.4, 0.5) is 11.4 Å². The maximum absolute atomic E-state index is 12.1. The molecule has 0 bridgehead atoms. The quantitative estimate of drug-likeness (QED) is 0.820. The van der Waals surface area contributed by atoms with E-state index in [-0.39, 0.29) is 5.91 Å². The average molecular weight is 341 g/mol. The van der Waals surface area contributed by atoms with E-state index >= 15 is 0 Å². The number of piperazine rings is 1. The fraction of sp³-hybridized carbons (Fsp3) is 0.500. The molecule has 0 aromatic heterocycles. The van der Waals surface area contributed by atoms with Crippen LogP contribution in [0.15, 0.2) is 22.7 Å². The van der Waals surface area contributed by atoms with Gasteiger partial charge in [0.1, 0.15) is 0 Å². The van der Waals surface area contributed by atoms with E-state index in [1.807, 2.05) is 6.07 Å². The zero-order valence-corrected chi connectivity index (χ0v) is 13.5. The van der Waals surface area contributed by atoms with Crippen molar-refractivity contribution in [3.05, 3.63) is 22.7 Å². The van der Waals surface area contributed by atoms with Crippen LogP contribution in [0.5, 0.6) is 0 Å². The summed E-state index contributed by atoms with van der Waals surface area (Å²) in [7, 11) is 2.11. The minimum Gasteiger partial charge on any atom is -0.399 e. The van der Waals surface area contributed by atoms with Gasteiger partial charge in [0.15, 0.2) is 0 Å². The number of halogens is 1. The Morgan fingerprint density at radius 1 is 1.50 bits per heavy atom. The zero-order valence-electron chi connectivity index (χ0n) is 11.9. The van der Waals surface area contributed by atoms with E-state index in [0.717, 1.165) is 29.8 Å². The molecule has 1 aliphatic rings. The molecule has 1 aromatic carbocycles. The number of hydrogen-bond donors (Lipinski definition) is 2. The summed E-state index contributed by atoms with van der Waals surface area (Å²) < 4.78 is 0.803. The standard InChI is InChI=1S/C14H21BrN4O/c1-10-8-18(2)5-6-19(10)9-14(20)17-13-4-3-11(16)7-12(13)15/h3-4,7,10H,5-6,8-9,16H2,1-2H3,(H,17,20). The Labute approximate surface area is 128 Å². The molecular weight excluding hydrogens is 320 g/mol. The molecule has 1 fully saturated rings. The van der Waals surface area contributed by atoms with Gasteiger partial charge in [-0.05, 0) is 48.1 Å². The Bertz CT molecular complexity index is 494. The Kier molecular flexibility index (Phi) is 5.01. The molecule has 1 amide bonds. The van der Waals surface area contributed by atoms with Gasteiger partial charge in [0, 0.05) is 35.8 Å². The molecule has 1 atom stereocenters. The monoisotopic (exact) mass is 340 g/mol. The molecule has 5 nitrogen and oxygen atoms in total. The molecule has 110 valence electrons. The number of benzene rings is 1. The Balaban J connectivity index is 1.92. The maximum Gasteiger partial charge on any atom is 0.238 e. The number of rotatable bonds is 3. The predicted molar refractivity (Wildman–Crippen MR) is 85.7 cm³/mol. The lowest BCUT2D eigenvalue weighted by molar-refractivity contribution is -0.118. The molecule has 1 saturated heterocycles. The van der Waals surface area contributed by atoms with Crippen LogP contribution < -0.4 is 11.1 Å². The number of hydrogen-bond acceptors (Lipinski definition) is 4. The summed E-state index contributed by atoms with van der Waals surface area (Å²) in [6.45, 7) is 5.50. The smallest absolute Gasteiger partial charge is 0.238 e. The van der Waals surface area contributed by atoms with Gasteiger partial charge in [-0.15, -0.1) is 0 Å². The highest BCUT2D eigenvalue weighted by Crippen LogP contribution is 2.24. The van der Waals surface area contributed by atoms with Crippen LogP contribution in [0, 0.1) is 0 Å². The second-order valence-corrected chi connectivity index (χ2v) is 6.22. The molecule has 1 aliphatic heterocycles. The van der Waals surface area contributed by atoms with E-state index in [9.17, 15) is 4.79 Å². The van der Waals surface area contributed by atoms with Crippen LogP contribution >= 0.6 is 15.9 Å². The second-order valence-electron chi connectivity index (χ2n) is 5.37. The molecule has 0 spiro atoms. The number of anilines is 2. The molecule has 1 heterocycles. The van der Waals surface area contributed by atoms with E-state index in [1.54, 1.807) is 12.1 Å². The van der Waals surface area contributed by atoms with Crippen LogP contribution in [0.2, 0.25) is 0 Å². The van der Waals surface area contributed by atoms with Crippen molar-refractivity contribution < 1.29 is 4.79 Å². The lowest BCUT2D eigenvalue weighted by atomic mass is 10.2. The van der Waals surface area contributed by atoms with Gasteiger partial charge in [0.25, 0.3) is 0 Å².